The minimum Gasteiger partial charge on any atom is -0.481 e. The number of carboxylic acid groups (broad SMARTS) is 1. The monoisotopic (exact) mass is 292 g/mol. The number of piperidine rings is 1. The first kappa shape index (κ1) is 15.1. The summed E-state index contributed by atoms with van der Waals surface area (Å²) in [7, 11) is 3.84. The van der Waals surface area contributed by atoms with Gasteiger partial charge in [-0.25, -0.2) is 9.78 Å². The molecule has 21 heavy (non-hydrogen) atoms. The molecule has 1 aromatic rings. The van der Waals surface area contributed by atoms with E-state index in [4.69, 9.17) is 5.11 Å². The number of carboxylic acids is 1. The quantitative estimate of drug-likeness (QED) is 0.881. The summed E-state index contributed by atoms with van der Waals surface area (Å²) in [6.07, 6.45) is 2.68. The molecule has 0 aliphatic carbocycles. The van der Waals surface area contributed by atoms with Gasteiger partial charge in [-0.1, -0.05) is 0 Å². The molecule has 0 saturated carbocycles. The second kappa shape index (κ2) is 6.43. The molecule has 114 valence electrons. The predicted molar refractivity (Wildman–Crippen MR) is 79.5 cm³/mol. The van der Waals surface area contributed by atoms with Gasteiger partial charge in [-0.3, -0.25) is 10.1 Å². The highest BCUT2D eigenvalue weighted by molar-refractivity contribution is 5.88. The van der Waals surface area contributed by atoms with Crippen LogP contribution in [0.15, 0.2) is 18.3 Å². The average Bonchev–Trinajstić information content (AvgIpc) is 2.47. The summed E-state index contributed by atoms with van der Waals surface area (Å²) < 4.78 is 0. The van der Waals surface area contributed by atoms with E-state index in [0.29, 0.717) is 31.7 Å². The van der Waals surface area contributed by atoms with Gasteiger partial charge in [-0.05, 0) is 25.0 Å². The zero-order valence-corrected chi connectivity index (χ0v) is 12.2. The maximum Gasteiger partial charge on any atom is 0.323 e. The van der Waals surface area contributed by atoms with E-state index in [9.17, 15) is 9.59 Å². The number of rotatable bonds is 3. The number of likely N-dealkylation sites (tertiary alicyclic amines) is 1. The molecule has 7 heteroatoms. The number of anilines is 2. The average molecular weight is 292 g/mol. The number of urea groups is 1. The Kier molecular flexibility index (Phi) is 4.62. The van der Waals surface area contributed by atoms with Crippen LogP contribution in [0.2, 0.25) is 0 Å². The second-order valence-corrected chi connectivity index (χ2v) is 5.33. The summed E-state index contributed by atoms with van der Waals surface area (Å²) in [6.45, 7) is 0.914. The summed E-state index contributed by atoms with van der Waals surface area (Å²) >= 11 is 0. The van der Waals surface area contributed by atoms with Gasteiger partial charge in [0.05, 0.1) is 17.8 Å². The number of aromatic nitrogens is 1. The van der Waals surface area contributed by atoms with Gasteiger partial charge in [0.1, 0.15) is 5.82 Å². The van der Waals surface area contributed by atoms with Crippen molar-refractivity contribution in [2.75, 3.05) is 37.4 Å². The number of carbonyl (C=O) groups is 2. The number of pyridine rings is 1. The van der Waals surface area contributed by atoms with Gasteiger partial charge in [0.15, 0.2) is 0 Å². The van der Waals surface area contributed by atoms with Crippen molar-refractivity contribution in [3.8, 4) is 0 Å². The molecule has 1 aliphatic rings. The third-order valence-corrected chi connectivity index (χ3v) is 3.63. The SMILES string of the molecule is CN(C)c1ccc(NC(=O)N2CCC(C(=O)O)CC2)nc1. The Labute approximate surface area is 123 Å². The number of carbonyl (C=O) groups excluding carboxylic acids is 1. The van der Waals surface area contributed by atoms with Crippen LogP contribution in [-0.4, -0.2) is 54.2 Å². The highest BCUT2D eigenvalue weighted by atomic mass is 16.4. The van der Waals surface area contributed by atoms with Crippen molar-refractivity contribution in [1.29, 1.82) is 0 Å². The molecule has 2 amide bonds. The summed E-state index contributed by atoms with van der Waals surface area (Å²) in [6, 6.07) is 3.39. The first-order valence-corrected chi connectivity index (χ1v) is 6.89. The van der Waals surface area contributed by atoms with Crippen LogP contribution >= 0.6 is 0 Å². The molecule has 7 nitrogen and oxygen atoms in total. The molecule has 1 aliphatic heterocycles. The lowest BCUT2D eigenvalue weighted by Gasteiger charge is -2.30. The van der Waals surface area contributed by atoms with Crippen molar-refractivity contribution >= 4 is 23.5 Å². The first-order chi connectivity index (χ1) is 9.97. The van der Waals surface area contributed by atoms with Crippen LogP contribution in [0.1, 0.15) is 12.8 Å². The molecule has 0 unspecified atom stereocenters. The van der Waals surface area contributed by atoms with Crippen molar-refractivity contribution in [1.82, 2.24) is 9.88 Å². The fourth-order valence-corrected chi connectivity index (χ4v) is 2.24. The lowest BCUT2D eigenvalue weighted by molar-refractivity contribution is -0.143. The van der Waals surface area contributed by atoms with E-state index < -0.39 is 5.97 Å². The third kappa shape index (κ3) is 3.84. The molecule has 1 fully saturated rings. The molecule has 2 heterocycles. The Morgan fingerprint density at radius 3 is 2.48 bits per heavy atom. The van der Waals surface area contributed by atoms with Gasteiger partial charge >= 0.3 is 12.0 Å². The molecule has 2 rings (SSSR count). The van der Waals surface area contributed by atoms with Gasteiger partial charge < -0.3 is 14.9 Å². The third-order valence-electron chi connectivity index (χ3n) is 3.63. The van der Waals surface area contributed by atoms with Crippen LogP contribution in [0.3, 0.4) is 0 Å². The van der Waals surface area contributed by atoms with Crippen LogP contribution in [0.4, 0.5) is 16.3 Å². The van der Waals surface area contributed by atoms with Gasteiger partial charge in [0.2, 0.25) is 0 Å². The molecular formula is C14H20N4O3. The standard InChI is InChI=1S/C14H20N4O3/c1-17(2)11-3-4-12(15-9-11)16-14(21)18-7-5-10(6-8-18)13(19)20/h3-4,9-10H,5-8H2,1-2H3,(H,19,20)(H,15,16,21). The number of amides is 2. The predicted octanol–water partition coefficient (Wildman–Crippen LogP) is 1.48. The largest absolute Gasteiger partial charge is 0.481 e. The molecule has 0 bridgehead atoms. The maximum atomic E-state index is 12.1. The molecule has 0 radical (unpaired) electrons. The van der Waals surface area contributed by atoms with E-state index in [1.807, 2.05) is 25.1 Å². The minimum atomic E-state index is -0.781. The molecule has 0 spiro atoms. The number of hydrogen-bond donors (Lipinski definition) is 2. The highest BCUT2D eigenvalue weighted by Gasteiger charge is 2.27. The lowest BCUT2D eigenvalue weighted by atomic mass is 9.97. The van der Waals surface area contributed by atoms with Crippen LogP contribution < -0.4 is 10.2 Å². The number of nitrogens with zero attached hydrogens (tertiary/aromatic N) is 3. The summed E-state index contributed by atoms with van der Waals surface area (Å²) in [5, 5.41) is 11.7. The Bertz CT molecular complexity index is 507. The normalized spacial score (nSPS) is 15.6. The fraction of sp³-hybridized carbons (Fsp3) is 0.500. The fourth-order valence-electron chi connectivity index (χ4n) is 2.24. The zero-order valence-electron chi connectivity index (χ0n) is 12.2. The smallest absolute Gasteiger partial charge is 0.323 e. The van der Waals surface area contributed by atoms with Crippen LogP contribution in [0.25, 0.3) is 0 Å². The van der Waals surface area contributed by atoms with E-state index in [1.54, 1.807) is 17.2 Å². The Morgan fingerprint density at radius 1 is 1.33 bits per heavy atom. The Hall–Kier alpha value is -2.31. The van der Waals surface area contributed by atoms with E-state index in [2.05, 4.69) is 10.3 Å². The van der Waals surface area contributed by atoms with Crippen molar-refractivity contribution in [3.63, 3.8) is 0 Å². The van der Waals surface area contributed by atoms with Gasteiger partial charge in [-0.2, -0.15) is 0 Å². The summed E-state index contributed by atoms with van der Waals surface area (Å²) in [5.41, 5.74) is 0.954. The van der Waals surface area contributed by atoms with Crippen molar-refractivity contribution < 1.29 is 14.7 Å². The highest BCUT2D eigenvalue weighted by Crippen LogP contribution is 2.18. The number of hydrogen-bond acceptors (Lipinski definition) is 4. The maximum absolute atomic E-state index is 12.1. The van der Waals surface area contributed by atoms with Crippen LogP contribution in [0.5, 0.6) is 0 Å². The molecular weight excluding hydrogens is 272 g/mol. The zero-order chi connectivity index (χ0) is 15.4. The molecule has 0 atom stereocenters. The number of aliphatic carboxylic acids is 1. The van der Waals surface area contributed by atoms with E-state index >= 15 is 0 Å². The summed E-state index contributed by atoms with van der Waals surface area (Å²) in [4.78, 5) is 30.7. The molecule has 0 aromatic carbocycles. The first-order valence-electron chi connectivity index (χ1n) is 6.89. The van der Waals surface area contributed by atoms with Gasteiger partial charge in [-0.15, -0.1) is 0 Å². The molecule has 1 aromatic heterocycles. The molecule has 1 saturated heterocycles. The minimum absolute atomic E-state index is 0.232. The van der Waals surface area contributed by atoms with Crippen LogP contribution in [-0.2, 0) is 4.79 Å². The Morgan fingerprint density at radius 2 is 2.00 bits per heavy atom. The lowest BCUT2D eigenvalue weighted by Crippen LogP contribution is -2.42. The number of nitrogens with one attached hydrogen (secondary N) is 1. The topological polar surface area (TPSA) is 85.8 Å². The van der Waals surface area contributed by atoms with Gasteiger partial charge in [0, 0.05) is 27.2 Å². The van der Waals surface area contributed by atoms with E-state index in [-0.39, 0.29) is 11.9 Å². The Balaban J connectivity index is 1.88. The van der Waals surface area contributed by atoms with Crippen molar-refractivity contribution in [3.05, 3.63) is 18.3 Å². The van der Waals surface area contributed by atoms with E-state index in [1.165, 1.54) is 0 Å². The van der Waals surface area contributed by atoms with Crippen molar-refractivity contribution in [2.24, 2.45) is 5.92 Å². The second-order valence-electron chi connectivity index (χ2n) is 5.33. The van der Waals surface area contributed by atoms with Crippen LogP contribution in [0, 0.1) is 5.92 Å². The molecule has 2 N–H and O–H groups in total. The summed E-state index contributed by atoms with van der Waals surface area (Å²) in [5.74, 6) is -0.631. The van der Waals surface area contributed by atoms with E-state index in [0.717, 1.165) is 5.69 Å². The van der Waals surface area contributed by atoms with Gasteiger partial charge in [0.25, 0.3) is 0 Å². The van der Waals surface area contributed by atoms with Crippen molar-refractivity contribution in [2.45, 2.75) is 12.8 Å².